The van der Waals surface area contributed by atoms with Gasteiger partial charge in [-0.25, -0.2) is 0 Å². The van der Waals surface area contributed by atoms with Crippen LogP contribution in [0.4, 0.5) is 0 Å². The van der Waals surface area contributed by atoms with E-state index >= 15 is 0 Å². The zero-order chi connectivity index (χ0) is 11.0. The number of nitrogens with one attached hydrogen (secondary N) is 1. The summed E-state index contributed by atoms with van der Waals surface area (Å²) in [4.78, 5) is 0. The Hall–Kier alpha value is -0.860. The molecule has 1 aromatic rings. The average molecular weight is 217 g/mol. The summed E-state index contributed by atoms with van der Waals surface area (Å²) in [6.07, 6.45) is 3.89. The van der Waals surface area contributed by atoms with E-state index in [1.54, 1.807) is 0 Å². The zero-order valence-electron chi connectivity index (χ0n) is 9.83. The molecule has 0 spiro atoms. The van der Waals surface area contributed by atoms with Crippen molar-refractivity contribution in [1.82, 2.24) is 5.32 Å². The van der Waals surface area contributed by atoms with Crippen molar-refractivity contribution in [2.45, 2.75) is 38.3 Å². The van der Waals surface area contributed by atoms with Crippen molar-refractivity contribution < 1.29 is 4.74 Å². The Labute approximate surface area is 97.0 Å². The highest BCUT2D eigenvalue weighted by molar-refractivity contribution is 5.38. The van der Waals surface area contributed by atoms with Crippen LogP contribution in [-0.4, -0.2) is 19.2 Å². The normalized spacial score (nSPS) is 29.1. The molecule has 0 radical (unpaired) electrons. The molecule has 2 nitrogen and oxygen atoms in total. The van der Waals surface area contributed by atoms with Crippen molar-refractivity contribution in [2.75, 3.05) is 13.2 Å². The van der Waals surface area contributed by atoms with Gasteiger partial charge in [0.2, 0.25) is 0 Å². The second kappa shape index (κ2) is 4.19. The van der Waals surface area contributed by atoms with E-state index in [4.69, 9.17) is 4.74 Å². The van der Waals surface area contributed by atoms with Crippen LogP contribution in [0.3, 0.4) is 0 Å². The molecule has 2 atom stereocenters. The van der Waals surface area contributed by atoms with Crippen LogP contribution in [0.5, 0.6) is 0 Å². The molecule has 0 amide bonds. The lowest BCUT2D eigenvalue weighted by molar-refractivity contribution is 0.0195. The van der Waals surface area contributed by atoms with Gasteiger partial charge in [0.1, 0.15) is 0 Å². The van der Waals surface area contributed by atoms with E-state index in [0.717, 1.165) is 19.6 Å². The third kappa shape index (κ3) is 1.66. The molecule has 1 aromatic carbocycles. The maximum absolute atomic E-state index is 6.01. The zero-order valence-corrected chi connectivity index (χ0v) is 9.83. The minimum atomic E-state index is 0.285. The summed E-state index contributed by atoms with van der Waals surface area (Å²) < 4.78 is 6.01. The lowest BCUT2D eigenvalue weighted by Crippen LogP contribution is -2.34. The maximum atomic E-state index is 6.01. The molecule has 0 aliphatic carbocycles. The van der Waals surface area contributed by atoms with Gasteiger partial charge in [-0.15, -0.1) is 0 Å². The smallest absolute Gasteiger partial charge is 0.0983 e. The molecule has 0 unspecified atom stereocenters. The third-order valence-corrected chi connectivity index (χ3v) is 3.83. The summed E-state index contributed by atoms with van der Waals surface area (Å²) in [5, 5.41) is 3.57. The Balaban J connectivity index is 1.98. The first-order chi connectivity index (χ1) is 7.86. The van der Waals surface area contributed by atoms with Crippen LogP contribution >= 0.6 is 0 Å². The summed E-state index contributed by atoms with van der Waals surface area (Å²) in [5.74, 6) is 0. The van der Waals surface area contributed by atoms with E-state index < -0.39 is 0 Å². The number of ether oxygens (including phenoxy) is 1. The topological polar surface area (TPSA) is 21.3 Å². The third-order valence-electron chi connectivity index (χ3n) is 3.83. The molecule has 2 aliphatic rings. The molecular formula is C14H19NO. The molecule has 2 aliphatic heterocycles. The fourth-order valence-corrected chi connectivity index (χ4v) is 3.03. The largest absolute Gasteiger partial charge is 0.372 e. The lowest BCUT2D eigenvalue weighted by Gasteiger charge is -2.32. The number of hydrogen-bond donors (Lipinski definition) is 1. The predicted octanol–water partition coefficient (Wildman–Crippen LogP) is 2.36. The summed E-state index contributed by atoms with van der Waals surface area (Å²) in [5.41, 5.74) is 4.33. The minimum Gasteiger partial charge on any atom is -0.372 e. The Kier molecular flexibility index (Phi) is 2.70. The van der Waals surface area contributed by atoms with Crippen molar-refractivity contribution in [2.24, 2.45) is 0 Å². The first kappa shape index (κ1) is 10.3. The lowest BCUT2D eigenvalue weighted by atomic mass is 9.89. The predicted molar refractivity (Wildman–Crippen MR) is 64.6 cm³/mol. The van der Waals surface area contributed by atoms with Crippen LogP contribution in [0, 0.1) is 6.92 Å². The fraction of sp³-hybridized carbons (Fsp3) is 0.571. The molecule has 16 heavy (non-hydrogen) atoms. The monoisotopic (exact) mass is 217 g/mol. The standard InChI is InChI=1S/C14H19NO/c1-10-4-2-5-11-7-9-16-14(13(10)11)12-6-3-8-15-12/h2,4-5,12,14-15H,3,6-9H2,1H3/t12-,14+/m0/s1. The second-order valence-electron chi connectivity index (χ2n) is 4.89. The van der Waals surface area contributed by atoms with E-state index in [1.807, 2.05) is 0 Å². The van der Waals surface area contributed by atoms with Gasteiger partial charge >= 0.3 is 0 Å². The van der Waals surface area contributed by atoms with E-state index in [9.17, 15) is 0 Å². The van der Waals surface area contributed by atoms with Crippen molar-refractivity contribution in [3.63, 3.8) is 0 Å². The minimum absolute atomic E-state index is 0.285. The molecule has 2 heterocycles. The van der Waals surface area contributed by atoms with Gasteiger partial charge in [-0.1, -0.05) is 18.2 Å². The summed E-state index contributed by atoms with van der Waals surface area (Å²) in [6, 6.07) is 7.15. The van der Waals surface area contributed by atoms with Crippen LogP contribution < -0.4 is 5.32 Å². The van der Waals surface area contributed by atoms with E-state index in [2.05, 4.69) is 30.4 Å². The van der Waals surface area contributed by atoms with Crippen molar-refractivity contribution >= 4 is 0 Å². The number of fused-ring (bicyclic) bond motifs is 1. The first-order valence-electron chi connectivity index (χ1n) is 6.29. The summed E-state index contributed by atoms with van der Waals surface area (Å²) >= 11 is 0. The van der Waals surface area contributed by atoms with Gasteiger partial charge in [0.15, 0.2) is 0 Å². The van der Waals surface area contributed by atoms with Crippen LogP contribution in [-0.2, 0) is 11.2 Å². The number of rotatable bonds is 1. The van der Waals surface area contributed by atoms with E-state index in [0.29, 0.717) is 6.04 Å². The molecule has 2 heteroatoms. The van der Waals surface area contributed by atoms with Crippen molar-refractivity contribution in [3.8, 4) is 0 Å². The van der Waals surface area contributed by atoms with E-state index in [1.165, 1.54) is 29.5 Å². The van der Waals surface area contributed by atoms with Gasteiger partial charge in [0.05, 0.1) is 12.7 Å². The van der Waals surface area contributed by atoms with Gasteiger partial charge < -0.3 is 10.1 Å². The maximum Gasteiger partial charge on any atom is 0.0983 e. The molecular weight excluding hydrogens is 198 g/mol. The highest BCUT2D eigenvalue weighted by Gasteiger charge is 2.31. The van der Waals surface area contributed by atoms with Gasteiger partial charge in [-0.3, -0.25) is 0 Å². The van der Waals surface area contributed by atoms with Crippen LogP contribution in [0.1, 0.15) is 35.6 Å². The molecule has 0 bridgehead atoms. The number of benzene rings is 1. The number of aryl methyl sites for hydroxylation is 1. The fourth-order valence-electron chi connectivity index (χ4n) is 3.03. The van der Waals surface area contributed by atoms with Crippen molar-refractivity contribution in [3.05, 3.63) is 34.9 Å². The molecule has 3 rings (SSSR count). The van der Waals surface area contributed by atoms with Gasteiger partial charge in [-0.2, -0.15) is 0 Å². The van der Waals surface area contributed by atoms with Crippen LogP contribution in [0.25, 0.3) is 0 Å². The second-order valence-corrected chi connectivity index (χ2v) is 4.89. The average Bonchev–Trinajstić information content (AvgIpc) is 2.82. The van der Waals surface area contributed by atoms with Gasteiger partial charge in [-0.05, 0) is 49.4 Å². The molecule has 0 saturated carbocycles. The van der Waals surface area contributed by atoms with Gasteiger partial charge in [0.25, 0.3) is 0 Å². The molecule has 1 saturated heterocycles. The first-order valence-corrected chi connectivity index (χ1v) is 6.29. The Morgan fingerprint density at radius 1 is 1.38 bits per heavy atom. The molecule has 0 aromatic heterocycles. The quantitative estimate of drug-likeness (QED) is 0.779. The SMILES string of the molecule is Cc1cccc2c1[C@@H]([C@@H]1CCCN1)OCC2. The number of hydrogen-bond acceptors (Lipinski definition) is 2. The Bertz CT molecular complexity index is 382. The van der Waals surface area contributed by atoms with Crippen LogP contribution in [0.15, 0.2) is 18.2 Å². The van der Waals surface area contributed by atoms with E-state index in [-0.39, 0.29) is 6.10 Å². The van der Waals surface area contributed by atoms with Crippen LogP contribution in [0.2, 0.25) is 0 Å². The molecule has 86 valence electrons. The highest BCUT2D eigenvalue weighted by atomic mass is 16.5. The summed E-state index contributed by atoms with van der Waals surface area (Å²) in [7, 11) is 0. The van der Waals surface area contributed by atoms with Gasteiger partial charge in [0, 0.05) is 6.04 Å². The molecule has 1 N–H and O–H groups in total. The Morgan fingerprint density at radius 2 is 2.31 bits per heavy atom. The Morgan fingerprint density at radius 3 is 3.12 bits per heavy atom. The highest BCUT2D eigenvalue weighted by Crippen LogP contribution is 2.34. The molecule has 1 fully saturated rings. The van der Waals surface area contributed by atoms with Crippen molar-refractivity contribution in [1.29, 1.82) is 0 Å². The summed E-state index contributed by atoms with van der Waals surface area (Å²) in [6.45, 7) is 4.22.